The molecule has 1 aliphatic rings. The predicted molar refractivity (Wildman–Crippen MR) is 55.4 cm³/mol. The Morgan fingerprint density at radius 3 is 2.86 bits per heavy atom. The largest absolute Gasteiger partial charge is 0.268 e. The lowest BCUT2D eigenvalue weighted by Gasteiger charge is -2.32. The summed E-state index contributed by atoms with van der Waals surface area (Å²) in [6, 6.07) is 1.97. The van der Waals surface area contributed by atoms with Gasteiger partial charge in [-0.15, -0.1) is 0 Å². The summed E-state index contributed by atoms with van der Waals surface area (Å²) in [7, 11) is 0. The molecule has 1 aliphatic carbocycles. The molecule has 1 aromatic rings. The number of hydrogen-bond acceptors (Lipinski definition) is 2. The first-order valence-electron chi connectivity index (χ1n) is 5.29. The van der Waals surface area contributed by atoms with E-state index < -0.39 is 0 Å². The van der Waals surface area contributed by atoms with Crippen molar-refractivity contribution in [3.05, 3.63) is 27.7 Å². The maximum Gasteiger partial charge on any atom is 0.267 e. The van der Waals surface area contributed by atoms with Crippen LogP contribution in [-0.4, -0.2) is 10.2 Å². The van der Waals surface area contributed by atoms with Gasteiger partial charge in [-0.2, -0.15) is 5.10 Å². The number of rotatable bonds is 2. The van der Waals surface area contributed by atoms with Crippen molar-refractivity contribution in [3.8, 4) is 0 Å². The lowest BCUT2D eigenvalue weighted by Crippen LogP contribution is -2.26. The van der Waals surface area contributed by atoms with E-state index in [4.69, 9.17) is 0 Å². The minimum atomic E-state index is -0.000833. The molecule has 0 unspecified atom stereocenters. The summed E-state index contributed by atoms with van der Waals surface area (Å²) in [4.78, 5) is 11.5. The van der Waals surface area contributed by atoms with Crippen LogP contribution in [0.4, 0.5) is 0 Å². The van der Waals surface area contributed by atoms with Gasteiger partial charge in [-0.1, -0.05) is 13.8 Å². The van der Waals surface area contributed by atoms with Crippen molar-refractivity contribution in [2.45, 2.75) is 39.0 Å². The predicted octanol–water partition coefficient (Wildman–Crippen LogP) is 1.85. The van der Waals surface area contributed by atoms with E-state index in [9.17, 15) is 4.79 Å². The first kappa shape index (κ1) is 9.44. The highest BCUT2D eigenvalue weighted by Gasteiger charge is 2.28. The molecule has 3 heteroatoms. The Labute approximate surface area is 83.5 Å². The average molecular weight is 192 g/mol. The van der Waals surface area contributed by atoms with Gasteiger partial charge in [-0.3, -0.25) is 4.79 Å². The molecule has 0 radical (unpaired) electrons. The third kappa shape index (κ3) is 1.59. The van der Waals surface area contributed by atoms with Gasteiger partial charge in [0.2, 0.25) is 0 Å². The van der Waals surface area contributed by atoms with Crippen molar-refractivity contribution < 1.29 is 0 Å². The van der Waals surface area contributed by atoms with Gasteiger partial charge in [0.05, 0.1) is 5.69 Å². The summed E-state index contributed by atoms with van der Waals surface area (Å²) in [5.74, 6) is 1.25. The fraction of sp³-hybridized carbons (Fsp3) is 0.636. The third-order valence-electron chi connectivity index (χ3n) is 3.06. The quantitative estimate of drug-likeness (QED) is 0.777. The van der Waals surface area contributed by atoms with E-state index >= 15 is 0 Å². The number of aryl methyl sites for hydroxylation is 1. The van der Waals surface area contributed by atoms with E-state index in [1.54, 1.807) is 0 Å². The third-order valence-corrected chi connectivity index (χ3v) is 3.06. The second-order valence-corrected chi connectivity index (χ2v) is 4.27. The van der Waals surface area contributed by atoms with Gasteiger partial charge in [0.1, 0.15) is 0 Å². The van der Waals surface area contributed by atoms with Gasteiger partial charge in [-0.25, -0.2) is 5.10 Å². The van der Waals surface area contributed by atoms with Crippen molar-refractivity contribution in [1.29, 1.82) is 0 Å². The van der Waals surface area contributed by atoms with Crippen molar-refractivity contribution in [2.24, 2.45) is 5.92 Å². The van der Waals surface area contributed by atoms with Gasteiger partial charge in [0.25, 0.3) is 5.56 Å². The number of aromatic nitrogens is 2. The maximum atomic E-state index is 11.5. The monoisotopic (exact) mass is 192 g/mol. The molecular weight excluding hydrogens is 176 g/mol. The second-order valence-electron chi connectivity index (χ2n) is 4.27. The number of hydrogen-bond donors (Lipinski definition) is 1. The summed E-state index contributed by atoms with van der Waals surface area (Å²) in [6.45, 7) is 4.28. The van der Waals surface area contributed by atoms with Crippen LogP contribution in [-0.2, 0) is 6.42 Å². The van der Waals surface area contributed by atoms with Gasteiger partial charge in [0, 0.05) is 5.56 Å². The standard InChI is InChI=1S/C11H16N2O/c1-3-9-6-10(11(14)13-12-9)8-4-7(2)5-8/h6-8H,3-5H2,1-2H3,(H,13,14). The van der Waals surface area contributed by atoms with Gasteiger partial charge in [-0.05, 0) is 37.2 Å². The zero-order valence-corrected chi connectivity index (χ0v) is 8.71. The van der Waals surface area contributed by atoms with Crippen LogP contribution in [0.1, 0.15) is 43.9 Å². The van der Waals surface area contributed by atoms with Crippen LogP contribution in [0.15, 0.2) is 10.9 Å². The average Bonchev–Trinajstić information content (AvgIpc) is 2.14. The van der Waals surface area contributed by atoms with Crippen LogP contribution >= 0.6 is 0 Å². The summed E-state index contributed by atoms with van der Waals surface area (Å²) >= 11 is 0. The second kappa shape index (κ2) is 3.56. The Bertz CT molecular complexity index is 377. The molecule has 3 nitrogen and oxygen atoms in total. The number of aromatic amines is 1. The molecule has 1 N–H and O–H groups in total. The van der Waals surface area contributed by atoms with Crippen LogP contribution in [0.5, 0.6) is 0 Å². The molecule has 2 rings (SSSR count). The van der Waals surface area contributed by atoms with Crippen LogP contribution in [0.25, 0.3) is 0 Å². The Balaban J connectivity index is 2.28. The number of nitrogens with zero attached hydrogens (tertiary/aromatic N) is 1. The van der Waals surface area contributed by atoms with Gasteiger partial charge < -0.3 is 0 Å². The first-order valence-corrected chi connectivity index (χ1v) is 5.29. The summed E-state index contributed by atoms with van der Waals surface area (Å²) < 4.78 is 0. The summed E-state index contributed by atoms with van der Waals surface area (Å²) in [6.07, 6.45) is 3.18. The molecule has 0 bridgehead atoms. The van der Waals surface area contributed by atoms with E-state index in [2.05, 4.69) is 17.1 Å². The lowest BCUT2D eigenvalue weighted by atomic mass is 9.73. The van der Waals surface area contributed by atoms with Crippen LogP contribution in [0.2, 0.25) is 0 Å². The van der Waals surface area contributed by atoms with E-state index in [0.717, 1.165) is 36.4 Å². The fourth-order valence-corrected chi connectivity index (χ4v) is 2.11. The Kier molecular flexibility index (Phi) is 2.40. The minimum Gasteiger partial charge on any atom is -0.268 e. The van der Waals surface area contributed by atoms with E-state index in [0.29, 0.717) is 5.92 Å². The highest BCUT2D eigenvalue weighted by Crippen LogP contribution is 2.39. The molecule has 0 aliphatic heterocycles. The zero-order chi connectivity index (χ0) is 10.1. The first-order chi connectivity index (χ1) is 6.70. The van der Waals surface area contributed by atoms with Crippen LogP contribution in [0.3, 0.4) is 0 Å². The molecular formula is C11H16N2O. The Morgan fingerprint density at radius 1 is 1.57 bits per heavy atom. The van der Waals surface area contributed by atoms with Gasteiger partial charge >= 0.3 is 0 Å². The van der Waals surface area contributed by atoms with E-state index in [1.807, 2.05) is 13.0 Å². The molecule has 1 saturated carbocycles. The van der Waals surface area contributed by atoms with E-state index in [1.165, 1.54) is 0 Å². The lowest BCUT2D eigenvalue weighted by molar-refractivity contribution is 0.286. The minimum absolute atomic E-state index is 0.000833. The molecule has 76 valence electrons. The fourth-order valence-electron chi connectivity index (χ4n) is 2.11. The molecule has 0 amide bonds. The Hall–Kier alpha value is -1.12. The topological polar surface area (TPSA) is 45.8 Å². The SMILES string of the molecule is CCc1cc(C2CC(C)C2)c(=O)[nH]n1. The molecule has 0 aromatic carbocycles. The van der Waals surface area contributed by atoms with Crippen molar-refractivity contribution >= 4 is 0 Å². The van der Waals surface area contributed by atoms with Crippen LogP contribution < -0.4 is 5.56 Å². The summed E-state index contributed by atoms with van der Waals surface area (Å²) in [5.41, 5.74) is 1.92. The van der Waals surface area contributed by atoms with Crippen molar-refractivity contribution in [1.82, 2.24) is 10.2 Å². The zero-order valence-electron chi connectivity index (χ0n) is 8.71. The number of H-pyrrole nitrogens is 1. The number of nitrogens with one attached hydrogen (secondary N) is 1. The molecule has 1 fully saturated rings. The highest BCUT2D eigenvalue weighted by molar-refractivity contribution is 5.20. The molecule has 1 aromatic heterocycles. The molecule has 0 saturated heterocycles. The summed E-state index contributed by atoms with van der Waals surface area (Å²) in [5, 5.41) is 6.56. The highest BCUT2D eigenvalue weighted by atomic mass is 16.1. The maximum absolute atomic E-state index is 11.5. The van der Waals surface area contributed by atoms with E-state index in [-0.39, 0.29) is 5.56 Å². The van der Waals surface area contributed by atoms with Crippen molar-refractivity contribution in [2.75, 3.05) is 0 Å². The van der Waals surface area contributed by atoms with Crippen LogP contribution in [0, 0.1) is 5.92 Å². The smallest absolute Gasteiger partial charge is 0.267 e. The molecule has 0 atom stereocenters. The van der Waals surface area contributed by atoms with Gasteiger partial charge in [0.15, 0.2) is 0 Å². The molecule has 14 heavy (non-hydrogen) atoms. The molecule has 1 heterocycles. The normalized spacial score (nSPS) is 25.9. The Morgan fingerprint density at radius 2 is 2.29 bits per heavy atom. The van der Waals surface area contributed by atoms with Crippen molar-refractivity contribution in [3.63, 3.8) is 0 Å². The molecule has 0 spiro atoms.